The van der Waals surface area contributed by atoms with Crippen molar-refractivity contribution in [3.8, 4) is 0 Å². The van der Waals surface area contributed by atoms with E-state index in [4.69, 9.17) is 0 Å². The minimum atomic E-state index is 0.801. The SMILES string of the molecule is CNC1CCC(CNC2CCC2)CC1. The Morgan fingerprint density at radius 1 is 0.929 bits per heavy atom. The molecule has 2 rings (SSSR count). The van der Waals surface area contributed by atoms with Crippen LogP contribution >= 0.6 is 0 Å². The third kappa shape index (κ3) is 2.71. The van der Waals surface area contributed by atoms with E-state index in [1.165, 1.54) is 51.5 Å². The van der Waals surface area contributed by atoms with Crippen LogP contribution in [0.25, 0.3) is 0 Å². The number of hydrogen-bond acceptors (Lipinski definition) is 2. The maximum absolute atomic E-state index is 3.70. The predicted molar refractivity (Wildman–Crippen MR) is 60.4 cm³/mol. The van der Waals surface area contributed by atoms with Crippen LogP contribution in [-0.2, 0) is 0 Å². The summed E-state index contributed by atoms with van der Waals surface area (Å²) in [4.78, 5) is 0. The molecular formula is C12H24N2. The number of nitrogens with one attached hydrogen (secondary N) is 2. The number of hydrogen-bond donors (Lipinski definition) is 2. The van der Waals surface area contributed by atoms with E-state index in [2.05, 4.69) is 17.7 Å². The zero-order valence-corrected chi connectivity index (χ0v) is 9.39. The highest BCUT2D eigenvalue weighted by Crippen LogP contribution is 2.25. The summed E-state index contributed by atoms with van der Waals surface area (Å²) in [5.74, 6) is 0.959. The Morgan fingerprint density at radius 2 is 1.64 bits per heavy atom. The van der Waals surface area contributed by atoms with E-state index < -0.39 is 0 Å². The molecule has 0 aromatic rings. The molecule has 2 fully saturated rings. The molecule has 14 heavy (non-hydrogen) atoms. The Labute approximate surface area is 87.8 Å². The van der Waals surface area contributed by atoms with Crippen LogP contribution in [-0.4, -0.2) is 25.7 Å². The normalized spacial score (nSPS) is 34.1. The topological polar surface area (TPSA) is 24.1 Å². The molecule has 0 aromatic carbocycles. The van der Waals surface area contributed by atoms with Crippen LogP contribution in [0.2, 0.25) is 0 Å². The molecule has 0 amide bonds. The quantitative estimate of drug-likeness (QED) is 0.717. The Balaban J connectivity index is 1.58. The van der Waals surface area contributed by atoms with Gasteiger partial charge in [0.1, 0.15) is 0 Å². The minimum absolute atomic E-state index is 0.801. The molecule has 0 atom stereocenters. The Hall–Kier alpha value is -0.0800. The maximum Gasteiger partial charge on any atom is 0.00671 e. The Kier molecular flexibility index (Phi) is 3.82. The molecule has 0 spiro atoms. The van der Waals surface area contributed by atoms with Crippen molar-refractivity contribution in [1.82, 2.24) is 10.6 Å². The van der Waals surface area contributed by atoms with E-state index in [-0.39, 0.29) is 0 Å². The molecule has 0 aromatic heterocycles. The van der Waals surface area contributed by atoms with Crippen molar-refractivity contribution in [1.29, 1.82) is 0 Å². The molecule has 2 heteroatoms. The Bertz CT molecular complexity index is 158. The van der Waals surface area contributed by atoms with Crippen LogP contribution in [0.1, 0.15) is 44.9 Å². The second kappa shape index (κ2) is 5.13. The molecule has 0 bridgehead atoms. The first-order chi connectivity index (χ1) is 6.88. The van der Waals surface area contributed by atoms with Gasteiger partial charge in [-0.3, -0.25) is 0 Å². The van der Waals surface area contributed by atoms with Crippen molar-refractivity contribution in [3.05, 3.63) is 0 Å². The molecule has 2 aliphatic rings. The van der Waals surface area contributed by atoms with Gasteiger partial charge in [0, 0.05) is 12.1 Å². The molecule has 0 saturated heterocycles. The fourth-order valence-electron chi connectivity index (χ4n) is 2.60. The molecule has 0 unspecified atom stereocenters. The summed E-state index contributed by atoms with van der Waals surface area (Å²) >= 11 is 0. The van der Waals surface area contributed by atoms with Gasteiger partial charge in [0.2, 0.25) is 0 Å². The fraction of sp³-hybridized carbons (Fsp3) is 1.00. The summed E-state index contributed by atoms with van der Waals surface area (Å²) in [5.41, 5.74) is 0. The first-order valence-corrected chi connectivity index (χ1v) is 6.29. The zero-order valence-electron chi connectivity index (χ0n) is 9.39. The van der Waals surface area contributed by atoms with Crippen LogP contribution in [0.3, 0.4) is 0 Å². The van der Waals surface area contributed by atoms with Crippen LogP contribution in [0.4, 0.5) is 0 Å². The van der Waals surface area contributed by atoms with Crippen molar-refractivity contribution in [2.45, 2.75) is 57.0 Å². The van der Waals surface area contributed by atoms with Gasteiger partial charge in [-0.05, 0) is 58.0 Å². The smallest absolute Gasteiger partial charge is 0.00671 e. The van der Waals surface area contributed by atoms with Crippen LogP contribution in [0, 0.1) is 5.92 Å². The summed E-state index contributed by atoms with van der Waals surface area (Å²) in [6.07, 6.45) is 9.90. The molecule has 0 aliphatic heterocycles. The first-order valence-electron chi connectivity index (χ1n) is 6.29. The van der Waals surface area contributed by atoms with Crippen molar-refractivity contribution < 1.29 is 0 Å². The van der Waals surface area contributed by atoms with Crippen LogP contribution < -0.4 is 10.6 Å². The van der Waals surface area contributed by atoms with E-state index in [0.717, 1.165) is 18.0 Å². The van der Waals surface area contributed by atoms with Gasteiger partial charge in [-0.1, -0.05) is 6.42 Å². The van der Waals surface area contributed by atoms with Crippen LogP contribution in [0.15, 0.2) is 0 Å². The third-order valence-electron chi connectivity index (χ3n) is 4.06. The average Bonchev–Trinajstić information content (AvgIpc) is 2.16. The highest BCUT2D eigenvalue weighted by atomic mass is 14.9. The molecular weight excluding hydrogens is 172 g/mol. The van der Waals surface area contributed by atoms with Gasteiger partial charge in [0.15, 0.2) is 0 Å². The fourth-order valence-corrected chi connectivity index (χ4v) is 2.60. The van der Waals surface area contributed by atoms with E-state index in [0.29, 0.717) is 0 Å². The highest BCUT2D eigenvalue weighted by Gasteiger charge is 2.22. The standard InChI is InChI=1S/C12H24N2/c1-13-11-7-5-10(6-8-11)9-14-12-3-2-4-12/h10-14H,2-9H2,1H3. The van der Waals surface area contributed by atoms with E-state index in [9.17, 15) is 0 Å². The average molecular weight is 196 g/mol. The lowest BCUT2D eigenvalue weighted by Crippen LogP contribution is -2.40. The summed E-state index contributed by atoms with van der Waals surface area (Å²) in [6, 6.07) is 1.67. The van der Waals surface area contributed by atoms with Gasteiger partial charge in [0.05, 0.1) is 0 Å². The van der Waals surface area contributed by atoms with E-state index in [1.807, 2.05) is 0 Å². The first kappa shape index (κ1) is 10.4. The van der Waals surface area contributed by atoms with Crippen molar-refractivity contribution >= 4 is 0 Å². The lowest BCUT2D eigenvalue weighted by Gasteiger charge is -2.32. The predicted octanol–water partition coefficient (Wildman–Crippen LogP) is 1.91. The van der Waals surface area contributed by atoms with Crippen molar-refractivity contribution in [2.24, 2.45) is 5.92 Å². The molecule has 2 saturated carbocycles. The Morgan fingerprint density at radius 3 is 2.14 bits per heavy atom. The van der Waals surface area contributed by atoms with Crippen LogP contribution in [0.5, 0.6) is 0 Å². The van der Waals surface area contributed by atoms with Gasteiger partial charge in [-0.2, -0.15) is 0 Å². The van der Waals surface area contributed by atoms with Gasteiger partial charge in [0.25, 0.3) is 0 Å². The van der Waals surface area contributed by atoms with Gasteiger partial charge in [-0.15, -0.1) is 0 Å². The summed E-state index contributed by atoms with van der Waals surface area (Å²) in [6.45, 7) is 1.28. The molecule has 0 heterocycles. The van der Waals surface area contributed by atoms with E-state index in [1.54, 1.807) is 0 Å². The molecule has 82 valence electrons. The molecule has 0 radical (unpaired) electrons. The minimum Gasteiger partial charge on any atom is -0.317 e. The van der Waals surface area contributed by atoms with Crippen molar-refractivity contribution in [2.75, 3.05) is 13.6 Å². The number of rotatable bonds is 4. The van der Waals surface area contributed by atoms with E-state index >= 15 is 0 Å². The van der Waals surface area contributed by atoms with Gasteiger partial charge < -0.3 is 10.6 Å². The van der Waals surface area contributed by atoms with Gasteiger partial charge >= 0.3 is 0 Å². The van der Waals surface area contributed by atoms with Crippen molar-refractivity contribution in [3.63, 3.8) is 0 Å². The second-order valence-electron chi connectivity index (χ2n) is 5.04. The summed E-state index contributed by atoms with van der Waals surface area (Å²) in [5, 5.41) is 7.09. The lowest BCUT2D eigenvalue weighted by molar-refractivity contribution is 0.259. The summed E-state index contributed by atoms with van der Waals surface area (Å²) in [7, 11) is 2.09. The molecule has 2 aliphatic carbocycles. The lowest BCUT2D eigenvalue weighted by atomic mass is 9.85. The third-order valence-corrected chi connectivity index (χ3v) is 4.06. The zero-order chi connectivity index (χ0) is 9.80. The van der Waals surface area contributed by atoms with Gasteiger partial charge in [-0.25, -0.2) is 0 Å². The molecule has 2 nitrogen and oxygen atoms in total. The largest absolute Gasteiger partial charge is 0.317 e. The summed E-state index contributed by atoms with van der Waals surface area (Å²) < 4.78 is 0. The monoisotopic (exact) mass is 196 g/mol. The molecule has 2 N–H and O–H groups in total. The highest BCUT2D eigenvalue weighted by molar-refractivity contribution is 4.81. The second-order valence-corrected chi connectivity index (χ2v) is 5.04. The maximum atomic E-state index is 3.70.